The van der Waals surface area contributed by atoms with Crippen LogP contribution >= 0.6 is 0 Å². The van der Waals surface area contributed by atoms with Gasteiger partial charge < -0.3 is 14.6 Å². The van der Waals surface area contributed by atoms with E-state index in [0.717, 1.165) is 0 Å². The summed E-state index contributed by atoms with van der Waals surface area (Å²) in [5, 5.41) is 6.18. The number of aromatic nitrogens is 1. The van der Waals surface area contributed by atoms with Crippen molar-refractivity contribution in [3.63, 3.8) is 0 Å². The highest BCUT2D eigenvalue weighted by molar-refractivity contribution is 7.92. The standard InChI is InChI=1S/C13H13N3O5S/c1-7-5-12(15-21-7)16-22(18,19)9-3-4-11-10(6-9)14-13(17)8(2)20-11/h3-6,8H,1-2H3,(H,14,17)(H,15,16)/t8-/m1/s1. The van der Waals surface area contributed by atoms with E-state index in [1.54, 1.807) is 13.8 Å². The van der Waals surface area contributed by atoms with Crippen LogP contribution in [-0.4, -0.2) is 25.6 Å². The van der Waals surface area contributed by atoms with Crippen LogP contribution in [0.15, 0.2) is 33.7 Å². The first-order chi connectivity index (χ1) is 10.3. The lowest BCUT2D eigenvalue weighted by Crippen LogP contribution is -2.34. The van der Waals surface area contributed by atoms with Gasteiger partial charge in [0.15, 0.2) is 11.9 Å². The van der Waals surface area contributed by atoms with Crippen molar-refractivity contribution < 1.29 is 22.5 Å². The molecular weight excluding hydrogens is 310 g/mol. The monoisotopic (exact) mass is 323 g/mol. The van der Waals surface area contributed by atoms with Gasteiger partial charge in [0.1, 0.15) is 11.5 Å². The summed E-state index contributed by atoms with van der Waals surface area (Å²) in [7, 11) is -3.84. The normalized spacial score (nSPS) is 17.4. The van der Waals surface area contributed by atoms with E-state index in [9.17, 15) is 13.2 Å². The topological polar surface area (TPSA) is 111 Å². The summed E-state index contributed by atoms with van der Waals surface area (Å²) in [6.07, 6.45) is -0.619. The van der Waals surface area contributed by atoms with Crippen LogP contribution in [0.25, 0.3) is 0 Å². The van der Waals surface area contributed by atoms with Gasteiger partial charge in [-0.05, 0) is 32.0 Å². The van der Waals surface area contributed by atoms with E-state index in [0.29, 0.717) is 17.2 Å². The molecule has 1 aliphatic rings. The first kappa shape index (κ1) is 14.4. The zero-order valence-corrected chi connectivity index (χ0v) is 12.6. The van der Waals surface area contributed by atoms with Crippen LogP contribution in [0.2, 0.25) is 0 Å². The molecule has 0 bridgehead atoms. The zero-order chi connectivity index (χ0) is 15.9. The van der Waals surface area contributed by atoms with Gasteiger partial charge in [0.2, 0.25) is 0 Å². The van der Waals surface area contributed by atoms with Crippen molar-refractivity contribution in [2.24, 2.45) is 0 Å². The second kappa shape index (κ2) is 5.02. The van der Waals surface area contributed by atoms with Gasteiger partial charge in [-0.1, -0.05) is 5.16 Å². The number of nitrogens with one attached hydrogen (secondary N) is 2. The number of aryl methyl sites for hydroxylation is 1. The fourth-order valence-electron chi connectivity index (χ4n) is 1.97. The predicted molar refractivity (Wildman–Crippen MR) is 77.2 cm³/mol. The Hall–Kier alpha value is -2.55. The minimum absolute atomic E-state index is 0.0228. The molecule has 1 aromatic carbocycles. The van der Waals surface area contributed by atoms with Crippen molar-refractivity contribution in [2.45, 2.75) is 24.8 Å². The summed E-state index contributed by atoms with van der Waals surface area (Å²) in [6.45, 7) is 3.26. The van der Waals surface area contributed by atoms with Crippen LogP contribution in [0.1, 0.15) is 12.7 Å². The zero-order valence-electron chi connectivity index (χ0n) is 11.8. The maximum absolute atomic E-state index is 12.3. The van der Waals surface area contributed by atoms with Crippen molar-refractivity contribution >= 4 is 27.4 Å². The average molecular weight is 323 g/mol. The maximum atomic E-state index is 12.3. The third-order valence-corrected chi connectivity index (χ3v) is 4.41. The highest BCUT2D eigenvalue weighted by Crippen LogP contribution is 2.32. The number of carbonyl (C=O) groups excluding carboxylic acids is 1. The fraction of sp³-hybridized carbons (Fsp3) is 0.231. The minimum atomic E-state index is -3.84. The molecule has 22 heavy (non-hydrogen) atoms. The highest BCUT2D eigenvalue weighted by atomic mass is 32.2. The summed E-state index contributed by atoms with van der Waals surface area (Å²) in [4.78, 5) is 11.6. The fourth-order valence-corrected chi connectivity index (χ4v) is 2.98. The number of fused-ring (bicyclic) bond motifs is 1. The smallest absolute Gasteiger partial charge is 0.265 e. The van der Waals surface area contributed by atoms with Crippen molar-refractivity contribution in [3.8, 4) is 5.75 Å². The molecule has 1 atom stereocenters. The number of amides is 1. The lowest BCUT2D eigenvalue weighted by molar-refractivity contribution is -0.122. The van der Waals surface area contributed by atoms with Gasteiger partial charge in [0, 0.05) is 6.07 Å². The second-order valence-corrected chi connectivity index (χ2v) is 6.52. The van der Waals surface area contributed by atoms with Gasteiger partial charge in [0.25, 0.3) is 15.9 Å². The molecule has 2 N–H and O–H groups in total. The molecule has 0 radical (unpaired) electrons. The Balaban J connectivity index is 1.92. The third kappa shape index (κ3) is 2.62. The molecule has 9 heteroatoms. The Morgan fingerprint density at radius 2 is 2.09 bits per heavy atom. The van der Waals surface area contributed by atoms with Crippen LogP contribution < -0.4 is 14.8 Å². The van der Waals surface area contributed by atoms with E-state index in [2.05, 4.69) is 15.2 Å². The minimum Gasteiger partial charge on any atom is -0.479 e. The van der Waals surface area contributed by atoms with Gasteiger partial charge in [-0.25, -0.2) is 8.42 Å². The summed E-state index contributed by atoms with van der Waals surface area (Å²) < 4.78 is 37.1. The molecule has 2 aromatic rings. The number of ether oxygens (including phenoxy) is 1. The van der Waals surface area contributed by atoms with E-state index in [4.69, 9.17) is 9.26 Å². The second-order valence-electron chi connectivity index (χ2n) is 4.84. The molecule has 0 unspecified atom stereocenters. The predicted octanol–water partition coefficient (Wildman–Crippen LogP) is 1.50. The van der Waals surface area contributed by atoms with Crippen LogP contribution in [0.3, 0.4) is 0 Å². The number of nitrogens with zero attached hydrogens (tertiary/aromatic N) is 1. The summed E-state index contributed by atoms with van der Waals surface area (Å²) >= 11 is 0. The number of hydrogen-bond acceptors (Lipinski definition) is 6. The number of sulfonamides is 1. The third-order valence-electron chi connectivity index (χ3n) is 3.06. The van der Waals surface area contributed by atoms with Gasteiger partial charge >= 0.3 is 0 Å². The van der Waals surface area contributed by atoms with E-state index in [1.807, 2.05) is 0 Å². The summed E-state index contributed by atoms with van der Waals surface area (Å²) in [5.41, 5.74) is 0.308. The molecular formula is C13H13N3O5S. The van der Waals surface area contributed by atoms with Crippen LogP contribution in [0.4, 0.5) is 11.5 Å². The SMILES string of the molecule is Cc1cc(NS(=O)(=O)c2ccc3c(c2)NC(=O)[C@@H](C)O3)no1. The molecule has 0 aliphatic carbocycles. The van der Waals surface area contributed by atoms with E-state index in [-0.39, 0.29) is 16.6 Å². The van der Waals surface area contributed by atoms with Gasteiger partial charge in [-0.15, -0.1) is 0 Å². The number of benzene rings is 1. The molecule has 2 heterocycles. The number of hydrogen-bond donors (Lipinski definition) is 2. The Kier molecular flexibility index (Phi) is 3.28. The first-order valence-corrected chi connectivity index (χ1v) is 7.91. The van der Waals surface area contributed by atoms with Gasteiger partial charge in [0.05, 0.1) is 10.6 Å². The first-order valence-electron chi connectivity index (χ1n) is 6.43. The van der Waals surface area contributed by atoms with Crippen molar-refractivity contribution in [3.05, 3.63) is 30.0 Å². The maximum Gasteiger partial charge on any atom is 0.265 e. The molecule has 0 saturated heterocycles. The Bertz CT molecular complexity index is 843. The molecule has 116 valence electrons. The Morgan fingerprint density at radius 1 is 1.32 bits per heavy atom. The van der Waals surface area contributed by atoms with E-state index >= 15 is 0 Å². The largest absolute Gasteiger partial charge is 0.479 e. The number of rotatable bonds is 3. The number of carbonyl (C=O) groups is 1. The Morgan fingerprint density at radius 3 is 2.77 bits per heavy atom. The van der Waals surface area contributed by atoms with Crippen LogP contribution in [0.5, 0.6) is 5.75 Å². The quantitative estimate of drug-likeness (QED) is 0.885. The number of anilines is 2. The molecule has 1 aliphatic heterocycles. The van der Waals surface area contributed by atoms with Gasteiger partial charge in [-0.3, -0.25) is 9.52 Å². The molecule has 1 aromatic heterocycles. The molecule has 0 fully saturated rings. The lowest BCUT2D eigenvalue weighted by Gasteiger charge is -2.23. The Labute approximate surface area is 126 Å². The van der Waals surface area contributed by atoms with E-state index < -0.39 is 16.1 Å². The van der Waals surface area contributed by atoms with Crippen LogP contribution in [-0.2, 0) is 14.8 Å². The van der Waals surface area contributed by atoms with E-state index in [1.165, 1.54) is 24.3 Å². The summed E-state index contributed by atoms with van der Waals surface area (Å²) in [5.74, 6) is 0.660. The van der Waals surface area contributed by atoms with Crippen molar-refractivity contribution in [1.29, 1.82) is 0 Å². The van der Waals surface area contributed by atoms with Gasteiger partial charge in [-0.2, -0.15) is 0 Å². The highest BCUT2D eigenvalue weighted by Gasteiger charge is 2.26. The van der Waals surface area contributed by atoms with Crippen molar-refractivity contribution in [2.75, 3.05) is 10.0 Å². The summed E-state index contributed by atoms with van der Waals surface area (Å²) in [6, 6.07) is 5.67. The molecule has 0 spiro atoms. The molecule has 0 saturated carbocycles. The van der Waals surface area contributed by atoms with Crippen molar-refractivity contribution in [1.82, 2.24) is 5.16 Å². The lowest BCUT2D eigenvalue weighted by atomic mass is 10.2. The molecule has 8 nitrogen and oxygen atoms in total. The molecule has 3 rings (SSSR count). The molecule has 1 amide bonds. The van der Waals surface area contributed by atoms with Crippen LogP contribution in [0, 0.1) is 6.92 Å². The average Bonchev–Trinajstić information content (AvgIpc) is 2.84.